The third-order valence-electron chi connectivity index (χ3n) is 6.41. The fourth-order valence-electron chi connectivity index (χ4n) is 4.46. The van der Waals surface area contributed by atoms with Crippen molar-refractivity contribution >= 4 is 34.2 Å². The monoisotopic (exact) mass is 495 g/mol. The van der Waals surface area contributed by atoms with Crippen LogP contribution in [0, 0.1) is 17.6 Å². The number of carbonyl (C=O) groups excluding carboxylic acids is 2. The molecule has 0 spiro atoms. The van der Waals surface area contributed by atoms with E-state index in [2.05, 4.69) is 10.6 Å². The molecule has 0 unspecified atom stereocenters. The number of aliphatic carboxylic acids is 1. The number of carbonyl (C=O) groups is 3. The van der Waals surface area contributed by atoms with Crippen molar-refractivity contribution in [1.29, 1.82) is 0 Å². The Morgan fingerprint density at radius 3 is 2.22 bits per heavy atom. The molecule has 1 heterocycles. The van der Waals surface area contributed by atoms with Crippen molar-refractivity contribution in [2.45, 2.75) is 19.3 Å². The van der Waals surface area contributed by atoms with Crippen molar-refractivity contribution in [3.05, 3.63) is 77.4 Å². The molecule has 7 nitrogen and oxygen atoms in total. The zero-order valence-electron chi connectivity index (χ0n) is 19.6. The fourth-order valence-corrected chi connectivity index (χ4v) is 4.46. The van der Waals surface area contributed by atoms with Crippen molar-refractivity contribution in [2.24, 2.45) is 5.92 Å². The average Bonchev–Trinajstić information content (AvgIpc) is 2.87. The van der Waals surface area contributed by atoms with Gasteiger partial charge in [0.15, 0.2) is 0 Å². The Morgan fingerprint density at radius 2 is 1.53 bits per heavy atom. The van der Waals surface area contributed by atoms with Gasteiger partial charge >= 0.3 is 5.97 Å². The van der Waals surface area contributed by atoms with Gasteiger partial charge in [-0.2, -0.15) is 0 Å². The molecule has 2 amide bonds. The van der Waals surface area contributed by atoms with E-state index in [0.717, 1.165) is 22.9 Å². The molecular weight excluding hydrogens is 468 g/mol. The van der Waals surface area contributed by atoms with Crippen LogP contribution >= 0.6 is 0 Å². The van der Waals surface area contributed by atoms with E-state index < -0.39 is 29.1 Å². The van der Waals surface area contributed by atoms with E-state index in [4.69, 9.17) is 5.11 Å². The lowest BCUT2D eigenvalue weighted by molar-refractivity contribution is -0.138. The number of nitrogens with zero attached hydrogens (tertiary/aromatic N) is 1. The van der Waals surface area contributed by atoms with Crippen LogP contribution in [0.15, 0.2) is 54.6 Å². The summed E-state index contributed by atoms with van der Waals surface area (Å²) in [7, 11) is 0. The lowest BCUT2D eigenvalue weighted by Gasteiger charge is -2.33. The number of carboxylic acid groups (broad SMARTS) is 1. The predicted molar refractivity (Wildman–Crippen MR) is 132 cm³/mol. The summed E-state index contributed by atoms with van der Waals surface area (Å²) >= 11 is 0. The summed E-state index contributed by atoms with van der Waals surface area (Å²) in [6.45, 7) is 0.983. The van der Waals surface area contributed by atoms with Gasteiger partial charge in [0.05, 0.1) is 11.3 Å². The van der Waals surface area contributed by atoms with Crippen LogP contribution in [0.4, 0.5) is 14.5 Å². The third kappa shape index (κ3) is 5.97. The Labute approximate surface area is 207 Å². The second-order valence-corrected chi connectivity index (χ2v) is 8.89. The van der Waals surface area contributed by atoms with E-state index >= 15 is 0 Å². The van der Waals surface area contributed by atoms with Gasteiger partial charge in [-0.15, -0.1) is 0 Å². The molecule has 4 rings (SSSR count). The number of carboxylic acids is 1. The molecule has 1 fully saturated rings. The maximum Gasteiger partial charge on any atom is 0.303 e. The quantitative estimate of drug-likeness (QED) is 0.411. The normalized spacial score (nSPS) is 14.0. The standard InChI is InChI=1S/C27H27F2N3O4/c28-22-16-24(32-11-7-17(8-12-32)13-25(33)34)23(29)15-21(22)27(36)31-10-9-30-26(35)20-6-5-18-3-1-2-4-19(18)14-20/h1-6,14-17H,7-13H2,(H,30,35)(H,31,36)(H,33,34). The van der Waals surface area contributed by atoms with Crippen molar-refractivity contribution in [2.75, 3.05) is 31.1 Å². The van der Waals surface area contributed by atoms with E-state index in [1.54, 1.807) is 17.0 Å². The molecule has 3 aromatic carbocycles. The number of fused-ring (bicyclic) bond motifs is 1. The molecule has 1 saturated heterocycles. The summed E-state index contributed by atoms with van der Waals surface area (Å²) in [5.74, 6) is -3.51. The molecule has 188 valence electrons. The Hall–Kier alpha value is -4.01. The topological polar surface area (TPSA) is 98.7 Å². The number of amides is 2. The lowest BCUT2D eigenvalue weighted by atomic mass is 9.93. The van der Waals surface area contributed by atoms with Crippen molar-refractivity contribution < 1.29 is 28.3 Å². The van der Waals surface area contributed by atoms with Crippen molar-refractivity contribution in [3.63, 3.8) is 0 Å². The highest BCUT2D eigenvalue weighted by Crippen LogP contribution is 2.29. The van der Waals surface area contributed by atoms with Gasteiger partial charge in [0.25, 0.3) is 11.8 Å². The molecule has 3 aromatic rings. The molecular formula is C27H27F2N3O4. The molecule has 1 aliphatic heterocycles. The number of halogens is 2. The van der Waals surface area contributed by atoms with Crippen LogP contribution in [0.5, 0.6) is 0 Å². The minimum Gasteiger partial charge on any atom is -0.481 e. The third-order valence-corrected chi connectivity index (χ3v) is 6.41. The largest absolute Gasteiger partial charge is 0.481 e. The molecule has 0 radical (unpaired) electrons. The number of nitrogens with one attached hydrogen (secondary N) is 2. The van der Waals surface area contributed by atoms with Crippen LogP contribution in [0.3, 0.4) is 0 Å². The van der Waals surface area contributed by atoms with Gasteiger partial charge in [-0.25, -0.2) is 8.78 Å². The number of anilines is 1. The van der Waals surface area contributed by atoms with Gasteiger partial charge in [0.2, 0.25) is 0 Å². The van der Waals surface area contributed by atoms with E-state index in [1.807, 2.05) is 30.3 Å². The summed E-state index contributed by atoms with van der Waals surface area (Å²) in [5, 5.41) is 16.1. The molecule has 0 aliphatic carbocycles. The van der Waals surface area contributed by atoms with Gasteiger partial charge < -0.3 is 20.6 Å². The summed E-state index contributed by atoms with van der Waals surface area (Å²) < 4.78 is 29.4. The Morgan fingerprint density at radius 1 is 0.861 bits per heavy atom. The SMILES string of the molecule is O=C(O)CC1CCN(c2cc(F)c(C(=O)NCCNC(=O)c3ccc4ccccc4c3)cc2F)CC1. The fraction of sp³-hybridized carbons (Fsp3) is 0.296. The van der Waals surface area contributed by atoms with E-state index in [1.165, 1.54) is 0 Å². The maximum atomic E-state index is 14.7. The van der Waals surface area contributed by atoms with Crippen LogP contribution < -0.4 is 15.5 Å². The lowest BCUT2D eigenvalue weighted by Crippen LogP contribution is -2.36. The van der Waals surface area contributed by atoms with Crippen LogP contribution in [-0.4, -0.2) is 49.1 Å². The average molecular weight is 496 g/mol. The molecule has 3 N–H and O–H groups in total. The molecule has 0 atom stereocenters. The minimum atomic E-state index is -0.866. The summed E-state index contributed by atoms with van der Waals surface area (Å²) in [6.07, 6.45) is 1.20. The van der Waals surface area contributed by atoms with Crippen LogP contribution in [-0.2, 0) is 4.79 Å². The summed E-state index contributed by atoms with van der Waals surface area (Å²) in [5.41, 5.74) is 0.120. The first-order valence-corrected chi connectivity index (χ1v) is 11.8. The zero-order chi connectivity index (χ0) is 25.7. The predicted octanol–water partition coefficient (Wildman–Crippen LogP) is 3.97. The zero-order valence-corrected chi connectivity index (χ0v) is 19.6. The first-order chi connectivity index (χ1) is 17.3. The van der Waals surface area contributed by atoms with Gasteiger partial charge in [0.1, 0.15) is 11.6 Å². The molecule has 0 bridgehead atoms. The van der Waals surface area contributed by atoms with Gasteiger partial charge in [-0.1, -0.05) is 30.3 Å². The molecule has 0 aromatic heterocycles. The van der Waals surface area contributed by atoms with Crippen LogP contribution in [0.25, 0.3) is 10.8 Å². The maximum absolute atomic E-state index is 14.7. The molecule has 1 aliphatic rings. The van der Waals surface area contributed by atoms with E-state index in [-0.39, 0.29) is 37.0 Å². The van der Waals surface area contributed by atoms with Crippen LogP contribution in [0.1, 0.15) is 40.0 Å². The molecule has 36 heavy (non-hydrogen) atoms. The number of benzene rings is 3. The van der Waals surface area contributed by atoms with E-state index in [0.29, 0.717) is 31.5 Å². The second-order valence-electron chi connectivity index (χ2n) is 8.89. The Balaban J connectivity index is 1.29. The number of hydrogen-bond donors (Lipinski definition) is 3. The Bertz CT molecular complexity index is 1290. The summed E-state index contributed by atoms with van der Waals surface area (Å²) in [4.78, 5) is 37.3. The summed E-state index contributed by atoms with van der Waals surface area (Å²) in [6, 6.07) is 14.9. The van der Waals surface area contributed by atoms with Gasteiger partial charge in [-0.05, 0) is 47.7 Å². The second kappa shape index (κ2) is 11.2. The van der Waals surface area contributed by atoms with Crippen molar-refractivity contribution in [3.8, 4) is 0 Å². The van der Waals surface area contributed by atoms with Crippen LogP contribution in [0.2, 0.25) is 0 Å². The smallest absolute Gasteiger partial charge is 0.303 e. The number of piperidine rings is 1. The van der Waals surface area contributed by atoms with Crippen molar-refractivity contribution in [1.82, 2.24) is 10.6 Å². The van der Waals surface area contributed by atoms with Gasteiger partial charge in [0, 0.05) is 44.2 Å². The highest BCUT2D eigenvalue weighted by atomic mass is 19.1. The highest BCUT2D eigenvalue weighted by Gasteiger charge is 2.25. The molecule has 0 saturated carbocycles. The minimum absolute atomic E-state index is 0.0124. The Kier molecular flexibility index (Phi) is 7.77. The first kappa shape index (κ1) is 25.1. The highest BCUT2D eigenvalue weighted by molar-refractivity contribution is 5.98. The first-order valence-electron chi connectivity index (χ1n) is 11.8. The molecule has 9 heteroatoms. The van der Waals surface area contributed by atoms with E-state index in [9.17, 15) is 23.2 Å². The number of rotatable bonds is 8. The van der Waals surface area contributed by atoms with Gasteiger partial charge in [-0.3, -0.25) is 14.4 Å². The number of hydrogen-bond acceptors (Lipinski definition) is 4.